The second-order valence-electron chi connectivity index (χ2n) is 4.04. The van der Waals surface area contributed by atoms with Gasteiger partial charge in [-0.05, 0) is 31.2 Å². The van der Waals surface area contributed by atoms with E-state index in [9.17, 15) is 13.2 Å². The molecule has 5 heteroatoms. The molecule has 0 aliphatic heterocycles. The lowest BCUT2D eigenvalue weighted by Gasteiger charge is -2.01. The van der Waals surface area contributed by atoms with E-state index >= 15 is 0 Å². The summed E-state index contributed by atoms with van der Waals surface area (Å²) >= 11 is 0. The molecule has 0 unspecified atom stereocenters. The Morgan fingerprint density at radius 3 is 2.44 bits per heavy atom. The van der Waals surface area contributed by atoms with Crippen LogP contribution in [0, 0.1) is 6.92 Å². The fraction of sp³-hybridized carbons (Fsp3) is 0.154. The molecule has 0 aliphatic carbocycles. The molecule has 1 aromatic heterocycles. The molecular weight excluding hydrogens is 252 g/mol. The second kappa shape index (κ2) is 4.42. The summed E-state index contributed by atoms with van der Waals surface area (Å²) < 4.78 is 28.1. The van der Waals surface area contributed by atoms with Crippen LogP contribution in [0.2, 0.25) is 0 Å². The van der Waals surface area contributed by atoms with Gasteiger partial charge in [-0.1, -0.05) is 12.1 Å². The topological polar surface area (TPSA) is 64.3 Å². The number of ketones is 1. The van der Waals surface area contributed by atoms with Gasteiger partial charge in [0.25, 0.3) is 0 Å². The molecule has 0 saturated carbocycles. The first kappa shape index (κ1) is 12.6. The van der Waals surface area contributed by atoms with E-state index in [1.807, 2.05) is 0 Å². The zero-order chi connectivity index (χ0) is 13.3. The van der Waals surface area contributed by atoms with Crippen LogP contribution in [0.4, 0.5) is 0 Å². The number of hydrogen-bond donors (Lipinski definition) is 0. The van der Waals surface area contributed by atoms with Gasteiger partial charge >= 0.3 is 0 Å². The van der Waals surface area contributed by atoms with Crippen LogP contribution in [0.1, 0.15) is 21.9 Å². The molecule has 0 atom stereocenters. The summed E-state index contributed by atoms with van der Waals surface area (Å²) in [7, 11) is -3.32. The molecule has 0 saturated heterocycles. The lowest BCUT2D eigenvalue weighted by atomic mass is 10.1. The molecular formula is C13H12O4S. The van der Waals surface area contributed by atoms with Crippen molar-refractivity contribution < 1.29 is 17.6 Å². The van der Waals surface area contributed by atoms with Crippen molar-refractivity contribution in [1.82, 2.24) is 0 Å². The van der Waals surface area contributed by atoms with Gasteiger partial charge in [0.1, 0.15) is 5.76 Å². The predicted molar refractivity (Wildman–Crippen MR) is 66.4 cm³/mol. The van der Waals surface area contributed by atoms with Crippen LogP contribution < -0.4 is 0 Å². The maximum absolute atomic E-state index is 12.1. The third kappa shape index (κ3) is 2.51. The normalized spacial score (nSPS) is 11.4. The number of hydrogen-bond acceptors (Lipinski definition) is 4. The maximum Gasteiger partial charge on any atom is 0.228 e. The second-order valence-corrected chi connectivity index (χ2v) is 6.06. The Morgan fingerprint density at radius 2 is 1.89 bits per heavy atom. The lowest BCUT2D eigenvalue weighted by Crippen LogP contribution is -2.03. The fourth-order valence-corrected chi connectivity index (χ4v) is 2.23. The number of rotatable bonds is 3. The van der Waals surface area contributed by atoms with Gasteiger partial charge < -0.3 is 4.42 Å². The van der Waals surface area contributed by atoms with E-state index in [1.54, 1.807) is 31.2 Å². The van der Waals surface area contributed by atoms with E-state index in [1.165, 1.54) is 12.1 Å². The highest BCUT2D eigenvalue weighted by atomic mass is 32.2. The monoisotopic (exact) mass is 264 g/mol. The molecule has 0 spiro atoms. The first-order valence-corrected chi connectivity index (χ1v) is 7.18. The maximum atomic E-state index is 12.1. The Hall–Kier alpha value is -1.88. The molecule has 0 radical (unpaired) electrons. The van der Waals surface area contributed by atoms with Crippen molar-refractivity contribution in [2.24, 2.45) is 0 Å². The van der Waals surface area contributed by atoms with Gasteiger partial charge in [0.05, 0.1) is 4.90 Å². The summed E-state index contributed by atoms with van der Waals surface area (Å²) in [5.41, 5.74) is 0.298. The van der Waals surface area contributed by atoms with Crippen molar-refractivity contribution in [2.75, 3.05) is 6.26 Å². The first-order chi connectivity index (χ1) is 8.38. The van der Waals surface area contributed by atoms with E-state index in [0.717, 1.165) is 6.26 Å². The number of aryl methyl sites for hydroxylation is 1. The van der Waals surface area contributed by atoms with Crippen molar-refractivity contribution in [3.05, 3.63) is 53.5 Å². The molecule has 2 rings (SSSR count). The Labute approximate surface area is 105 Å². The molecule has 4 nitrogen and oxygen atoms in total. The highest BCUT2D eigenvalue weighted by Gasteiger charge is 2.15. The quantitative estimate of drug-likeness (QED) is 0.797. The van der Waals surface area contributed by atoms with Crippen molar-refractivity contribution in [3.63, 3.8) is 0 Å². The van der Waals surface area contributed by atoms with Gasteiger partial charge in [0, 0.05) is 11.8 Å². The first-order valence-electron chi connectivity index (χ1n) is 5.29. The number of furan rings is 1. The molecule has 0 amide bonds. The van der Waals surface area contributed by atoms with Gasteiger partial charge in [-0.25, -0.2) is 8.42 Å². The number of carbonyl (C=O) groups excluding carboxylic acids is 1. The summed E-state index contributed by atoms with van der Waals surface area (Å²) in [5.74, 6) is 0.518. The van der Waals surface area contributed by atoms with E-state index in [-0.39, 0.29) is 16.4 Å². The van der Waals surface area contributed by atoms with Crippen LogP contribution in [0.15, 0.2) is 45.7 Å². The molecule has 0 N–H and O–H groups in total. The fourth-order valence-electron chi connectivity index (χ4n) is 1.57. The third-order valence-electron chi connectivity index (χ3n) is 2.49. The van der Waals surface area contributed by atoms with Crippen LogP contribution >= 0.6 is 0 Å². The summed E-state index contributed by atoms with van der Waals surface area (Å²) in [6, 6.07) is 9.18. The molecule has 0 fully saturated rings. The number of sulfone groups is 1. The summed E-state index contributed by atoms with van der Waals surface area (Å²) in [6.07, 6.45) is 1.10. The summed E-state index contributed by atoms with van der Waals surface area (Å²) in [6.45, 7) is 1.74. The van der Waals surface area contributed by atoms with E-state index in [0.29, 0.717) is 11.3 Å². The van der Waals surface area contributed by atoms with E-state index in [2.05, 4.69) is 0 Å². The van der Waals surface area contributed by atoms with Crippen LogP contribution in [0.5, 0.6) is 0 Å². The van der Waals surface area contributed by atoms with Crippen molar-refractivity contribution >= 4 is 15.6 Å². The van der Waals surface area contributed by atoms with Crippen molar-refractivity contribution in [3.8, 4) is 0 Å². The third-order valence-corrected chi connectivity index (χ3v) is 3.60. The molecule has 1 heterocycles. The minimum Gasteiger partial charge on any atom is -0.458 e. The molecule has 94 valence electrons. The van der Waals surface area contributed by atoms with Gasteiger partial charge in [-0.15, -0.1) is 0 Å². The Kier molecular flexibility index (Phi) is 3.09. The standard InChI is InChI=1S/C13H12O4S/c1-9-6-7-12(17-9)13(14)10-4-3-5-11(8-10)18(2,15)16/h3-8H,1-2H3. The lowest BCUT2D eigenvalue weighted by molar-refractivity contribution is 0.101. The molecule has 2 aromatic rings. The Bertz CT molecular complexity index is 695. The van der Waals surface area contributed by atoms with Crippen LogP contribution in [0.3, 0.4) is 0 Å². The highest BCUT2D eigenvalue weighted by Crippen LogP contribution is 2.16. The van der Waals surface area contributed by atoms with E-state index < -0.39 is 9.84 Å². The van der Waals surface area contributed by atoms with Gasteiger partial charge in [-0.2, -0.15) is 0 Å². The minimum absolute atomic E-state index is 0.122. The zero-order valence-electron chi connectivity index (χ0n) is 10.0. The van der Waals surface area contributed by atoms with Gasteiger partial charge in [0.15, 0.2) is 15.6 Å². The summed E-state index contributed by atoms with van der Waals surface area (Å²) in [4.78, 5) is 12.2. The average molecular weight is 264 g/mol. The van der Waals surface area contributed by atoms with E-state index in [4.69, 9.17) is 4.42 Å². The molecule has 0 bridgehead atoms. The molecule has 1 aromatic carbocycles. The SMILES string of the molecule is Cc1ccc(C(=O)c2cccc(S(C)(=O)=O)c2)o1. The highest BCUT2D eigenvalue weighted by molar-refractivity contribution is 7.90. The largest absolute Gasteiger partial charge is 0.458 e. The molecule has 18 heavy (non-hydrogen) atoms. The van der Waals surface area contributed by atoms with Crippen molar-refractivity contribution in [1.29, 1.82) is 0 Å². The molecule has 0 aliphatic rings. The van der Waals surface area contributed by atoms with Crippen LogP contribution in [-0.2, 0) is 9.84 Å². The number of benzene rings is 1. The smallest absolute Gasteiger partial charge is 0.228 e. The minimum atomic E-state index is -3.32. The van der Waals surface area contributed by atoms with Gasteiger partial charge in [0.2, 0.25) is 5.78 Å². The van der Waals surface area contributed by atoms with Gasteiger partial charge in [-0.3, -0.25) is 4.79 Å². The van der Waals surface area contributed by atoms with Crippen LogP contribution in [0.25, 0.3) is 0 Å². The van der Waals surface area contributed by atoms with Crippen LogP contribution in [-0.4, -0.2) is 20.5 Å². The van der Waals surface area contributed by atoms with Crippen molar-refractivity contribution in [2.45, 2.75) is 11.8 Å². The predicted octanol–water partition coefficient (Wildman–Crippen LogP) is 2.22. The average Bonchev–Trinajstić information content (AvgIpc) is 2.74. The summed E-state index contributed by atoms with van der Waals surface area (Å²) in [5, 5.41) is 0. The Morgan fingerprint density at radius 1 is 1.17 bits per heavy atom. The Balaban J connectivity index is 2.43. The number of carbonyl (C=O) groups is 1. The zero-order valence-corrected chi connectivity index (χ0v) is 10.8.